The van der Waals surface area contributed by atoms with E-state index in [9.17, 15) is 0 Å². The Morgan fingerprint density at radius 3 is 1.70 bits per heavy atom. The molecule has 3 heteroatoms. The maximum atomic E-state index is 7.12. The molecule has 0 aromatic heterocycles. The standard InChI is InChI=1S/C7H6.BH3O2/c1-2-6-4-7(3-1)5-6;2-1-3/h1-4H,5H2;1-3H. The van der Waals surface area contributed by atoms with Gasteiger partial charge >= 0.3 is 7.69 Å². The zero-order valence-corrected chi connectivity index (χ0v) is 5.62. The lowest BCUT2D eigenvalue weighted by Crippen LogP contribution is -1.97. The Morgan fingerprint density at radius 1 is 1.20 bits per heavy atom. The van der Waals surface area contributed by atoms with Gasteiger partial charge in [0.05, 0.1) is 0 Å². The first-order chi connectivity index (χ1) is 4.86. The lowest BCUT2D eigenvalue weighted by molar-refractivity contribution is 0.448. The molecule has 2 aliphatic rings. The van der Waals surface area contributed by atoms with Crippen molar-refractivity contribution in [3.05, 3.63) is 35.4 Å². The molecule has 2 bridgehead atoms. The van der Waals surface area contributed by atoms with Crippen molar-refractivity contribution in [3.8, 4) is 0 Å². The van der Waals surface area contributed by atoms with Gasteiger partial charge in [-0.3, -0.25) is 0 Å². The molecule has 2 nitrogen and oxygen atoms in total. The van der Waals surface area contributed by atoms with Crippen LogP contribution in [0.15, 0.2) is 24.3 Å². The predicted molar refractivity (Wildman–Crippen MR) is 40.8 cm³/mol. The summed E-state index contributed by atoms with van der Waals surface area (Å²) in [5.41, 5.74) is 2.97. The summed E-state index contributed by atoms with van der Waals surface area (Å²) in [5, 5.41) is 14.2. The molecular weight excluding hydrogens is 127 g/mol. The Kier molecular flexibility index (Phi) is 2.48. The maximum Gasteiger partial charge on any atom is 0.432 e. The maximum absolute atomic E-state index is 7.12. The van der Waals surface area contributed by atoms with E-state index in [4.69, 9.17) is 10.0 Å². The Hall–Kier alpha value is -0.795. The lowest BCUT2D eigenvalue weighted by Gasteiger charge is -2.11. The highest BCUT2D eigenvalue weighted by Crippen LogP contribution is 2.18. The van der Waals surface area contributed by atoms with E-state index in [0.717, 1.165) is 0 Å². The minimum Gasteiger partial charge on any atom is -0.430 e. The molecule has 10 heavy (non-hydrogen) atoms. The Balaban J connectivity index is 0.000000148. The molecule has 0 unspecified atom stereocenters. The number of fused-ring (bicyclic) bond motifs is 2. The SMILES string of the molecule is OBO.c1cc2cc(c1)C2. The van der Waals surface area contributed by atoms with Crippen LogP contribution in [0.3, 0.4) is 0 Å². The number of benzene rings is 1. The fourth-order valence-corrected chi connectivity index (χ4v) is 0.954. The molecule has 1 aromatic rings. The van der Waals surface area contributed by atoms with E-state index >= 15 is 0 Å². The topological polar surface area (TPSA) is 40.5 Å². The van der Waals surface area contributed by atoms with Crippen LogP contribution in [-0.4, -0.2) is 17.7 Å². The first-order valence-corrected chi connectivity index (χ1v) is 3.16. The van der Waals surface area contributed by atoms with Crippen molar-refractivity contribution in [2.75, 3.05) is 0 Å². The molecule has 1 aromatic carbocycles. The van der Waals surface area contributed by atoms with Gasteiger partial charge in [0, 0.05) is 0 Å². The van der Waals surface area contributed by atoms with Crippen LogP contribution in [0, 0.1) is 0 Å². The highest BCUT2D eigenvalue weighted by atomic mass is 16.4. The molecule has 0 saturated carbocycles. The van der Waals surface area contributed by atoms with E-state index in [2.05, 4.69) is 24.3 Å². The second-order valence-corrected chi connectivity index (χ2v) is 2.14. The number of hydrogen-bond donors (Lipinski definition) is 2. The van der Waals surface area contributed by atoms with E-state index in [1.807, 2.05) is 0 Å². The third-order valence-electron chi connectivity index (χ3n) is 1.40. The summed E-state index contributed by atoms with van der Waals surface area (Å²) in [4.78, 5) is 0. The molecule has 3 rings (SSSR count). The van der Waals surface area contributed by atoms with Crippen molar-refractivity contribution in [3.63, 3.8) is 0 Å². The highest BCUT2D eigenvalue weighted by molar-refractivity contribution is 6.13. The van der Waals surface area contributed by atoms with Gasteiger partial charge in [0.2, 0.25) is 0 Å². The minimum atomic E-state index is -0.750. The smallest absolute Gasteiger partial charge is 0.430 e. The van der Waals surface area contributed by atoms with Crippen LogP contribution < -0.4 is 0 Å². The van der Waals surface area contributed by atoms with E-state index in [1.165, 1.54) is 17.5 Å². The van der Waals surface area contributed by atoms with Crippen LogP contribution in [0.2, 0.25) is 0 Å². The summed E-state index contributed by atoms with van der Waals surface area (Å²) in [6, 6.07) is 8.65. The molecule has 0 saturated heterocycles. The van der Waals surface area contributed by atoms with Crippen molar-refractivity contribution in [1.82, 2.24) is 0 Å². The Bertz CT molecular complexity index is 188. The molecule has 0 fully saturated rings. The van der Waals surface area contributed by atoms with Gasteiger partial charge in [-0.2, -0.15) is 0 Å². The molecule has 2 N–H and O–H groups in total. The van der Waals surface area contributed by atoms with E-state index < -0.39 is 7.69 Å². The first kappa shape index (κ1) is 7.31. The van der Waals surface area contributed by atoms with E-state index in [-0.39, 0.29) is 0 Å². The summed E-state index contributed by atoms with van der Waals surface area (Å²) in [6.45, 7) is 0. The van der Waals surface area contributed by atoms with Crippen molar-refractivity contribution in [1.29, 1.82) is 0 Å². The lowest BCUT2D eigenvalue weighted by atomic mass is 9.94. The summed E-state index contributed by atoms with van der Waals surface area (Å²) in [5.74, 6) is 0. The monoisotopic (exact) mass is 136 g/mol. The molecule has 52 valence electrons. The normalized spacial score (nSPS) is 10.6. The molecule has 0 heterocycles. The van der Waals surface area contributed by atoms with Gasteiger partial charge in [0.1, 0.15) is 0 Å². The number of hydrogen-bond acceptors (Lipinski definition) is 2. The highest BCUT2D eigenvalue weighted by Gasteiger charge is 2.04. The molecule has 0 atom stereocenters. The van der Waals surface area contributed by atoms with Gasteiger partial charge in [0.25, 0.3) is 0 Å². The third-order valence-corrected chi connectivity index (χ3v) is 1.40. The second kappa shape index (κ2) is 3.39. The quantitative estimate of drug-likeness (QED) is 0.493. The Morgan fingerprint density at radius 2 is 1.60 bits per heavy atom. The summed E-state index contributed by atoms with van der Waals surface area (Å²) >= 11 is 0. The zero-order valence-electron chi connectivity index (χ0n) is 5.62. The molecule has 2 aliphatic carbocycles. The van der Waals surface area contributed by atoms with Crippen LogP contribution in [0.4, 0.5) is 0 Å². The molecular formula is C7H9BO2. The van der Waals surface area contributed by atoms with Crippen molar-refractivity contribution < 1.29 is 10.0 Å². The average Bonchev–Trinajstić information content (AvgIpc) is 1.90. The average molecular weight is 136 g/mol. The van der Waals surface area contributed by atoms with Crippen LogP contribution in [0.25, 0.3) is 0 Å². The van der Waals surface area contributed by atoms with E-state index in [1.54, 1.807) is 0 Å². The molecule has 0 amide bonds. The zero-order chi connectivity index (χ0) is 7.40. The Labute approximate surface area is 60.4 Å². The van der Waals surface area contributed by atoms with E-state index in [0.29, 0.717) is 0 Å². The fraction of sp³-hybridized carbons (Fsp3) is 0.143. The summed E-state index contributed by atoms with van der Waals surface area (Å²) < 4.78 is 0. The molecule has 0 spiro atoms. The van der Waals surface area contributed by atoms with Gasteiger partial charge in [-0.25, -0.2) is 0 Å². The van der Waals surface area contributed by atoms with Crippen molar-refractivity contribution in [2.45, 2.75) is 6.42 Å². The second-order valence-electron chi connectivity index (χ2n) is 2.14. The number of rotatable bonds is 0. The first-order valence-electron chi connectivity index (χ1n) is 3.16. The molecule has 0 radical (unpaired) electrons. The summed E-state index contributed by atoms with van der Waals surface area (Å²) in [7, 11) is -0.750. The van der Waals surface area contributed by atoms with Gasteiger partial charge in [-0.05, 0) is 17.5 Å². The van der Waals surface area contributed by atoms with Crippen LogP contribution in [0.5, 0.6) is 0 Å². The van der Waals surface area contributed by atoms with Gasteiger partial charge in [0.15, 0.2) is 0 Å². The van der Waals surface area contributed by atoms with Gasteiger partial charge in [-0.15, -0.1) is 0 Å². The minimum absolute atomic E-state index is 0.750. The van der Waals surface area contributed by atoms with Crippen LogP contribution in [0.1, 0.15) is 11.1 Å². The van der Waals surface area contributed by atoms with Gasteiger partial charge < -0.3 is 10.0 Å². The van der Waals surface area contributed by atoms with Crippen LogP contribution in [-0.2, 0) is 6.42 Å². The fourth-order valence-electron chi connectivity index (χ4n) is 0.954. The largest absolute Gasteiger partial charge is 0.432 e. The predicted octanol–water partition coefficient (Wildman–Crippen LogP) is -0.172. The summed E-state index contributed by atoms with van der Waals surface area (Å²) in [6.07, 6.45) is 1.22. The van der Waals surface area contributed by atoms with Crippen molar-refractivity contribution in [2.24, 2.45) is 0 Å². The van der Waals surface area contributed by atoms with Crippen molar-refractivity contribution >= 4 is 7.69 Å². The third kappa shape index (κ3) is 1.59. The van der Waals surface area contributed by atoms with Crippen LogP contribution >= 0.6 is 0 Å². The van der Waals surface area contributed by atoms with Gasteiger partial charge in [-0.1, -0.05) is 24.3 Å². The molecule has 0 aliphatic heterocycles.